The largest absolute Gasteiger partial charge is 0.411 e. The van der Waals surface area contributed by atoms with Crippen molar-refractivity contribution in [2.45, 2.75) is 26.7 Å². The molecule has 0 aromatic heterocycles. The minimum absolute atomic E-state index is 0.458. The van der Waals surface area contributed by atoms with Crippen LogP contribution >= 0.6 is 0 Å². The monoisotopic (exact) mass is 165 g/mol. The Labute approximate surface area is 73.3 Å². The number of oxime groups is 1. The van der Waals surface area contributed by atoms with Gasteiger partial charge >= 0.3 is 0 Å². The molecule has 1 N–H and O–H groups in total. The summed E-state index contributed by atoms with van der Waals surface area (Å²) in [6, 6.07) is 0. The molecule has 1 rings (SSSR count). The topological polar surface area (TPSA) is 32.6 Å². The first-order valence-corrected chi connectivity index (χ1v) is 4.18. The van der Waals surface area contributed by atoms with Crippen molar-refractivity contribution in [3.05, 3.63) is 23.8 Å². The molecule has 2 nitrogen and oxygen atoms in total. The van der Waals surface area contributed by atoms with Gasteiger partial charge in [0.15, 0.2) is 0 Å². The number of allylic oxidation sites excluding steroid dienone is 3. The van der Waals surface area contributed by atoms with Gasteiger partial charge in [0.2, 0.25) is 0 Å². The molecule has 1 aliphatic carbocycles. The van der Waals surface area contributed by atoms with Crippen molar-refractivity contribution in [1.82, 2.24) is 0 Å². The zero-order valence-electron chi connectivity index (χ0n) is 7.67. The first kappa shape index (κ1) is 9.04. The van der Waals surface area contributed by atoms with E-state index in [1.54, 1.807) is 0 Å². The van der Waals surface area contributed by atoms with E-state index in [1.807, 2.05) is 13.8 Å². The molecule has 12 heavy (non-hydrogen) atoms. The second-order valence-electron chi connectivity index (χ2n) is 3.42. The molecule has 0 aromatic rings. The van der Waals surface area contributed by atoms with Gasteiger partial charge in [-0.2, -0.15) is 0 Å². The van der Waals surface area contributed by atoms with Gasteiger partial charge in [-0.15, -0.1) is 0 Å². The smallest absolute Gasteiger partial charge is 0.0827 e. The maximum Gasteiger partial charge on any atom is 0.0827 e. The molecular weight excluding hydrogens is 150 g/mol. The van der Waals surface area contributed by atoms with Crippen LogP contribution in [0.25, 0.3) is 0 Å². The molecule has 0 heterocycles. The van der Waals surface area contributed by atoms with Crippen molar-refractivity contribution in [2.75, 3.05) is 0 Å². The highest BCUT2D eigenvalue weighted by Gasteiger charge is 2.18. The van der Waals surface area contributed by atoms with E-state index in [9.17, 15) is 0 Å². The zero-order valence-corrected chi connectivity index (χ0v) is 7.67. The van der Waals surface area contributed by atoms with Gasteiger partial charge in [0.25, 0.3) is 0 Å². The maximum atomic E-state index is 8.68. The number of hydrogen-bond donors (Lipinski definition) is 1. The summed E-state index contributed by atoms with van der Waals surface area (Å²) in [5.41, 5.74) is 3.06. The van der Waals surface area contributed by atoms with Crippen molar-refractivity contribution < 1.29 is 5.21 Å². The lowest BCUT2D eigenvalue weighted by molar-refractivity contribution is 0.316. The highest BCUT2D eigenvalue weighted by atomic mass is 16.4. The van der Waals surface area contributed by atoms with E-state index in [0.29, 0.717) is 5.92 Å². The minimum atomic E-state index is 0.458. The molecule has 0 amide bonds. The van der Waals surface area contributed by atoms with E-state index in [4.69, 9.17) is 5.21 Å². The van der Waals surface area contributed by atoms with Crippen LogP contribution in [0.5, 0.6) is 0 Å². The van der Waals surface area contributed by atoms with Crippen molar-refractivity contribution >= 4 is 5.71 Å². The Bertz CT molecular complexity index is 251. The normalized spacial score (nSPS) is 27.0. The molecular formula is C10H15NO. The predicted octanol–water partition coefficient (Wildman–Crippen LogP) is 2.75. The summed E-state index contributed by atoms with van der Waals surface area (Å²) < 4.78 is 0. The van der Waals surface area contributed by atoms with E-state index >= 15 is 0 Å². The molecule has 0 aromatic carbocycles. The lowest BCUT2D eigenvalue weighted by Gasteiger charge is -2.21. The summed E-state index contributed by atoms with van der Waals surface area (Å²) in [6.07, 6.45) is 3.96. The molecule has 1 atom stereocenters. The Morgan fingerprint density at radius 1 is 1.75 bits per heavy atom. The molecule has 66 valence electrons. The fourth-order valence-corrected chi connectivity index (χ4v) is 1.41. The van der Waals surface area contributed by atoms with Gasteiger partial charge in [-0.05, 0) is 31.8 Å². The molecule has 0 bridgehead atoms. The Morgan fingerprint density at radius 2 is 2.42 bits per heavy atom. The second kappa shape index (κ2) is 3.57. The maximum absolute atomic E-state index is 8.68. The SMILES string of the molecule is C=C(C)[C@@H]1CC=C(C)C(=NO)C1. The molecule has 0 saturated heterocycles. The summed E-state index contributed by atoms with van der Waals surface area (Å²) in [6.45, 7) is 7.90. The molecule has 0 saturated carbocycles. The Kier molecular flexibility index (Phi) is 2.69. The summed E-state index contributed by atoms with van der Waals surface area (Å²) >= 11 is 0. The van der Waals surface area contributed by atoms with Crippen molar-refractivity contribution in [1.29, 1.82) is 0 Å². The van der Waals surface area contributed by atoms with Crippen LogP contribution < -0.4 is 0 Å². The van der Waals surface area contributed by atoms with Crippen LogP contribution in [0, 0.1) is 5.92 Å². The van der Waals surface area contributed by atoms with Crippen LogP contribution in [-0.4, -0.2) is 10.9 Å². The minimum Gasteiger partial charge on any atom is -0.411 e. The fraction of sp³-hybridized carbons (Fsp3) is 0.500. The number of hydrogen-bond acceptors (Lipinski definition) is 2. The van der Waals surface area contributed by atoms with Crippen LogP contribution in [0.2, 0.25) is 0 Å². The Hall–Kier alpha value is -1.05. The van der Waals surface area contributed by atoms with Crippen molar-refractivity contribution in [3.8, 4) is 0 Å². The van der Waals surface area contributed by atoms with Gasteiger partial charge in [0, 0.05) is 6.42 Å². The van der Waals surface area contributed by atoms with Crippen LogP contribution in [0.3, 0.4) is 0 Å². The van der Waals surface area contributed by atoms with Gasteiger partial charge in [0.05, 0.1) is 5.71 Å². The highest BCUT2D eigenvalue weighted by Crippen LogP contribution is 2.26. The first-order chi connectivity index (χ1) is 5.65. The van der Waals surface area contributed by atoms with Gasteiger partial charge < -0.3 is 5.21 Å². The van der Waals surface area contributed by atoms with E-state index in [2.05, 4.69) is 17.8 Å². The van der Waals surface area contributed by atoms with E-state index in [0.717, 1.165) is 24.1 Å². The zero-order chi connectivity index (χ0) is 9.14. The van der Waals surface area contributed by atoms with Crippen LogP contribution in [-0.2, 0) is 0 Å². The van der Waals surface area contributed by atoms with Crippen molar-refractivity contribution in [3.63, 3.8) is 0 Å². The quantitative estimate of drug-likeness (QED) is 0.361. The van der Waals surface area contributed by atoms with Crippen LogP contribution in [0.1, 0.15) is 26.7 Å². The third-order valence-electron chi connectivity index (χ3n) is 2.42. The summed E-state index contributed by atoms with van der Waals surface area (Å²) in [4.78, 5) is 0. The standard InChI is InChI=1S/C10H15NO/c1-7(2)9-5-4-8(3)10(6-9)11-12/h4,9,12H,1,5-6H2,2-3H3/t9-/m1/s1. The highest BCUT2D eigenvalue weighted by molar-refractivity contribution is 6.00. The summed E-state index contributed by atoms with van der Waals surface area (Å²) in [5.74, 6) is 0.458. The third-order valence-corrected chi connectivity index (χ3v) is 2.42. The van der Waals surface area contributed by atoms with Gasteiger partial charge in [0.1, 0.15) is 0 Å². The van der Waals surface area contributed by atoms with E-state index in [1.165, 1.54) is 5.57 Å². The molecule has 0 aliphatic heterocycles. The average molecular weight is 165 g/mol. The summed E-state index contributed by atoms with van der Waals surface area (Å²) in [5, 5.41) is 11.9. The van der Waals surface area contributed by atoms with E-state index in [-0.39, 0.29) is 0 Å². The van der Waals surface area contributed by atoms with E-state index < -0.39 is 0 Å². The second-order valence-corrected chi connectivity index (χ2v) is 3.42. The average Bonchev–Trinajstić information content (AvgIpc) is 2.05. The fourth-order valence-electron chi connectivity index (χ4n) is 1.41. The predicted molar refractivity (Wildman–Crippen MR) is 50.5 cm³/mol. The molecule has 2 heteroatoms. The van der Waals surface area contributed by atoms with Crippen LogP contribution in [0.15, 0.2) is 29.0 Å². The number of rotatable bonds is 1. The summed E-state index contributed by atoms with van der Waals surface area (Å²) in [7, 11) is 0. The molecule has 0 fully saturated rings. The van der Waals surface area contributed by atoms with Gasteiger partial charge in [-0.25, -0.2) is 0 Å². The number of nitrogens with zero attached hydrogens (tertiary/aromatic N) is 1. The van der Waals surface area contributed by atoms with Crippen LogP contribution in [0.4, 0.5) is 0 Å². The third kappa shape index (κ3) is 1.76. The molecule has 0 unspecified atom stereocenters. The lowest BCUT2D eigenvalue weighted by Crippen LogP contribution is -2.15. The lowest BCUT2D eigenvalue weighted by atomic mass is 9.85. The Morgan fingerprint density at radius 3 is 2.92 bits per heavy atom. The molecule has 0 spiro atoms. The van der Waals surface area contributed by atoms with Gasteiger partial charge in [-0.3, -0.25) is 0 Å². The molecule has 1 aliphatic rings. The van der Waals surface area contributed by atoms with Gasteiger partial charge in [-0.1, -0.05) is 23.4 Å². The first-order valence-electron chi connectivity index (χ1n) is 4.18. The Balaban J connectivity index is 2.78. The van der Waals surface area contributed by atoms with Crippen molar-refractivity contribution in [2.24, 2.45) is 11.1 Å². The molecule has 0 radical (unpaired) electrons.